The van der Waals surface area contributed by atoms with E-state index >= 15 is 0 Å². The van der Waals surface area contributed by atoms with Crippen LogP contribution in [0.1, 0.15) is 11.9 Å². The first-order valence-electron chi connectivity index (χ1n) is 4.72. The lowest BCUT2D eigenvalue weighted by molar-refractivity contribution is 0.341. The van der Waals surface area contributed by atoms with E-state index in [-0.39, 0.29) is 0 Å². The van der Waals surface area contributed by atoms with Gasteiger partial charge in [-0.2, -0.15) is 5.26 Å². The smallest absolute Gasteiger partial charge is 0.120 e. The van der Waals surface area contributed by atoms with Gasteiger partial charge in [-0.25, -0.2) is 4.98 Å². The Kier molecular flexibility index (Phi) is 2.84. The van der Waals surface area contributed by atoms with E-state index in [0.717, 1.165) is 21.0 Å². The van der Waals surface area contributed by atoms with Crippen LogP contribution in [-0.4, -0.2) is 11.6 Å². The number of nitriles is 1. The Balaban J connectivity index is 2.39. The summed E-state index contributed by atoms with van der Waals surface area (Å²) in [5.74, 6) is 0.858. The molecular weight excluding hydrogens is 208 g/mol. The third-order valence-electron chi connectivity index (χ3n) is 1.95. The van der Waals surface area contributed by atoms with Gasteiger partial charge < -0.3 is 4.74 Å². The van der Waals surface area contributed by atoms with Crippen LogP contribution in [0.25, 0.3) is 10.2 Å². The van der Waals surface area contributed by atoms with Crippen molar-refractivity contribution in [1.29, 1.82) is 5.26 Å². The van der Waals surface area contributed by atoms with Gasteiger partial charge >= 0.3 is 0 Å². The Morgan fingerprint density at radius 2 is 2.40 bits per heavy atom. The second-order valence-electron chi connectivity index (χ2n) is 3.01. The number of thiazole rings is 1. The Hall–Kier alpha value is -1.60. The van der Waals surface area contributed by atoms with Crippen LogP contribution in [-0.2, 0) is 6.42 Å². The van der Waals surface area contributed by atoms with E-state index in [1.165, 1.54) is 0 Å². The molecule has 2 rings (SSSR count). The highest BCUT2D eigenvalue weighted by atomic mass is 32.1. The fraction of sp³-hybridized carbons (Fsp3) is 0.273. The van der Waals surface area contributed by atoms with Gasteiger partial charge in [-0.1, -0.05) is 0 Å². The van der Waals surface area contributed by atoms with E-state index in [2.05, 4.69) is 11.1 Å². The van der Waals surface area contributed by atoms with Crippen LogP contribution in [0.3, 0.4) is 0 Å². The summed E-state index contributed by atoms with van der Waals surface area (Å²) in [6.07, 6.45) is 0.378. The van der Waals surface area contributed by atoms with Crippen LogP contribution in [0.2, 0.25) is 0 Å². The number of rotatable bonds is 3. The van der Waals surface area contributed by atoms with Crippen molar-refractivity contribution in [3.63, 3.8) is 0 Å². The van der Waals surface area contributed by atoms with E-state index in [9.17, 15) is 0 Å². The largest absolute Gasteiger partial charge is 0.494 e. The van der Waals surface area contributed by atoms with Crippen LogP contribution in [0.5, 0.6) is 5.75 Å². The standard InChI is InChI=1S/C11H10N2OS/c1-2-14-8-3-4-9-10(7-8)15-11(13-9)5-6-12/h3-4,7H,2,5H2,1H3. The highest BCUT2D eigenvalue weighted by Gasteiger charge is 2.04. The molecule has 76 valence electrons. The number of fused-ring (bicyclic) bond motifs is 1. The van der Waals surface area contributed by atoms with Crippen LogP contribution >= 0.6 is 11.3 Å². The molecule has 1 aromatic heterocycles. The van der Waals surface area contributed by atoms with E-state index in [1.807, 2.05) is 25.1 Å². The quantitative estimate of drug-likeness (QED) is 0.795. The minimum atomic E-state index is 0.378. The highest BCUT2D eigenvalue weighted by molar-refractivity contribution is 7.18. The minimum absolute atomic E-state index is 0.378. The van der Waals surface area contributed by atoms with Crippen molar-refractivity contribution >= 4 is 21.6 Å². The fourth-order valence-corrected chi connectivity index (χ4v) is 2.28. The van der Waals surface area contributed by atoms with Crippen molar-refractivity contribution in [1.82, 2.24) is 4.98 Å². The summed E-state index contributed by atoms with van der Waals surface area (Å²) >= 11 is 1.55. The maximum absolute atomic E-state index is 8.58. The molecule has 0 fully saturated rings. The second kappa shape index (κ2) is 4.28. The monoisotopic (exact) mass is 218 g/mol. The molecule has 0 N–H and O–H groups in total. The molecule has 2 aromatic rings. The lowest BCUT2D eigenvalue weighted by Crippen LogP contribution is -1.89. The van der Waals surface area contributed by atoms with Gasteiger partial charge in [-0.15, -0.1) is 11.3 Å². The Labute approximate surface area is 91.9 Å². The van der Waals surface area contributed by atoms with Gasteiger partial charge in [0.25, 0.3) is 0 Å². The molecule has 0 unspecified atom stereocenters. The Bertz CT molecular complexity index is 513. The van der Waals surface area contributed by atoms with Gasteiger partial charge in [0.1, 0.15) is 10.8 Å². The lowest BCUT2D eigenvalue weighted by atomic mass is 10.3. The van der Waals surface area contributed by atoms with E-state index in [1.54, 1.807) is 11.3 Å². The highest BCUT2D eigenvalue weighted by Crippen LogP contribution is 2.26. The minimum Gasteiger partial charge on any atom is -0.494 e. The summed E-state index contributed by atoms with van der Waals surface area (Å²) < 4.78 is 6.47. The average molecular weight is 218 g/mol. The molecule has 0 amide bonds. The molecule has 0 atom stereocenters. The number of ether oxygens (including phenoxy) is 1. The third-order valence-corrected chi connectivity index (χ3v) is 2.96. The SMILES string of the molecule is CCOc1ccc2nc(CC#N)sc2c1. The Morgan fingerprint density at radius 3 is 3.13 bits per heavy atom. The first-order chi connectivity index (χ1) is 7.33. The molecule has 0 spiro atoms. The summed E-state index contributed by atoms with van der Waals surface area (Å²) in [6, 6.07) is 7.90. The number of hydrogen-bond donors (Lipinski definition) is 0. The first-order valence-corrected chi connectivity index (χ1v) is 5.54. The number of benzene rings is 1. The molecular formula is C11H10N2OS. The molecule has 0 radical (unpaired) electrons. The van der Waals surface area contributed by atoms with Gasteiger partial charge in [0.2, 0.25) is 0 Å². The summed E-state index contributed by atoms with van der Waals surface area (Å²) in [6.45, 7) is 2.62. The van der Waals surface area contributed by atoms with Crippen molar-refractivity contribution in [2.75, 3.05) is 6.61 Å². The van der Waals surface area contributed by atoms with Crippen LogP contribution in [0.4, 0.5) is 0 Å². The summed E-state index contributed by atoms with van der Waals surface area (Å²) in [5.41, 5.74) is 0.939. The predicted molar refractivity (Wildman–Crippen MR) is 60.1 cm³/mol. The molecule has 1 heterocycles. The molecule has 0 saturated heterocycles. The van der Waals surface area contributed by atoms with Gasteiger partial charge in [0, 0.05) is 0 Å². The van der Waals surface area contributed by atoms with Crippen LogP contribution < -0.4 is 4.74 Å². The average Bonchev–Trinajstić information content (AvgIpc) is 2.60. The van der Waals surface area contributed by atoms with Crippen LogP contribution in [0, 0.1) is 11.3 Å². The Morgan fingerprint density at radius 1 is 1.53 bits per heavy atom. The zero-order chi connectivity index (χ0) is 10.7. The van der Waals surface area contributed by atoms with Gasteiger partial charge in [-0.3, -0.25) is 0 Å². The maximum atomic E-state index is 8.58. The summed E-state index contributed by atoms with van der Waals surface area (Å²) in [5, 5.41) is 9.44. The van der Waals surface area contributed by atoms with Crippen molar-refractivity contribution in [3.8, 4) is 11.8 Å². The van der Waals surface area contributed by atoms with Gasteiger partial charge in [0.05, 0.1) is 29.3 Å². The fourth-order valence-electron chi connectivity index (χ4n) is 1.35. The van der Waals surface area contributed by atoms with Crippen molar-refractivity contribution in [3.05, 3.63) is 23.2 Å². The zero-order valence-corrected chi connectivity index (χ0v) is 9.17. The molecule has 15 heavy (non-hydrogen) atoms. The number of hydrogen-bond acceptors (Lipinski definition) is 4. The molecule has 0 bridgehead atoms. The van der Waals surface area contributed by atoms with Crippen LogP contribution in [0.15, 0.2) is 18.2 Å². The summed E-state index contributed by atoms with van der Waals surface area (Å²) in [7, 11) is 0. The van der Waals surface area contributed by atoms with Gasteiger partial charge in [0.15, 0.2) is 0 Å². The van der Waals surface area contributed by atoms with Gasteiger partial charge in [-0.05, 0) is 25.1 Å². The molecule has 0 aliphatic rings. The first kappa shape index (κ1) is 9.94. The lowest BCUT2D eigenvalue weighted by Gasteiger charge is -2.00. The number of nitrogens with zero attached hydrogens (tertiary/aromatic N) is 2. The topological polar surface area (TPSA) is 45.9 Å². The molecule has 0 saturated carbocycles. The van der Waals surface area contributed by atoms with E-state index in [0.29, 0.717) is 13.0 Å². The maximum Gasteiger partial charge on any atom is 0.120 e. The zero-order valence-electron chi connectivity index (χ0n) is 8.36. The molecule has 0 aliphatic carbocycles. The predicted octanol–water partition coefficient (Wildman–Crippen LogP) is 2.76. The molecule has 4 heteroatoms. The van der Waals surface area contributed by atoms with E-state index < -0.39 is 0 Å². The second-order valence-corrected chi connectivity index (χ2v) is 4.12. The molecule has 1 aromatic carbocycles. The van der Waals surface area contributed by atoms with Crippen molar-refractivity contribution < 1.29 is 4.74 Å². The number of aromatic nitrogens is 1. The normalized spacial score (nSPS) is 10.1. The summed E-state index contributed by atoms with van der Waals surface area (Å²) in [4.78, 5) is 4.34. The van der Waals surface area contributed by atoms with Crippen molar-refractivity contribution in [2.45, 2.75) is 13.3 Å². The molecule has 0 aliphatic heterocycles. The molecule has 3 nitrogen and oxygen atoms in total. The van der Waals surface area contributed by atoms with Crippen molar-refractivity contribution in [2.24, 2.45) is 0 Å². The van der Waals surface area contributed by atoms with E-state index in [4.69, 9.17) is 10.00 Å². The third kappa shape index (κ3) is 2.08.